The van der Waals surface area contributed by atoms with Crippen molar-refractivity contribution >= 4 is 0 Å². The van der Waals surface area contributed by atoms with Crippen molar-refractivity contribution in [2.24, 2.45) is 11.7 Å². The number of rotatable bonds is 4. The highest BCUT2D eigenvalue weighted by Gasteiger charge is 2.21. The second-order valence-corrected chi connectivity index (χ2v) is 4.61. The molecule has 2 atom stereocenters. The number of aromatic nitrogens is 2. The summed E-state index contributed by atoms with van der Waals surface area (Å²) in [5.74, 6) is 0.252. The third kappa shape index (κ3) is 2.79. The van der Waals surface area contributed by atoms with Crippen LogP contribution in [0.1, 0.15) is 45.4 Å². The minimum absolute atomic E-state index is 0.241. The van der Waals surface area contributed by atoms with Crippen molar-refractivity contribution in [3.8, 4) is 0 Å². The van der Waals surface area contributed by atoms with E-state index in [4.69, 9.17) is 5.73 Å². The van der Waals surface area contributed by atoms with Crippen LogP contribution in [0.4, 0.5) is 0 Å². The van der Waals surface area contributed by atoms with Gasteiger partial charge in [0.1, 0.15) is 0 Å². The van der Waals surface area contributed by atoms with Crippen LogP contribution < -0.4 is 5.73 Å². The van der Waals surface area contributed by atoms with E-state index in [1.54, 1.807) is 6.20 Å². The molecule has 0 saturated carbocycles. The van der Waals surface area contributed by atoms with Gasteiger partial charge in [-0.05, 0) is 19.8 Å². The maximum absolute atomic E-state index is 9.98. The standard InChI is InChI=1S/C11H21N3O/c1-7(2)10(12)11(15)9-5-13-14(6-9)8(3)4/h5-8,10-11,15H,12H2,1-4H3. The van der Waals surface area contributed by atoms with Gasteiger partial charge in [-0.3, -0.25) is 4.68 Å². The van der Waals surface area contributed by atoms with Gasteiger partial charge < -0.3 is 10.8 Å². The van der Waals surface area contributed by atoms with Crippen LogP contribution in [-0.4, -0.2) is 20.9 Å². The van der Waals surface area contributed by atoms with Crippen LogP contribution >= 0.6 is 0 Å². The summed E-state index contributed by atoms with van der Waals surface area (Å²) >= 11 is 0. The largest absolute Gasteiger partial charge is 0.387 e. The first kappa shape index (κ1) is 12.2. The van der Waals surface area contributed by atoms with Crippen LogP contribution in [0.3, 0.4) is 0 Å². The first-order valence-electron chi connectivity index (χ1n) is 5.41. The molecule has 0 fully saturated rings. The Balaban J connectivity index is 2.78. The number of hydrogen-bond acceptors (Lipinski definition) is 3. The molecule has 1 aromatic heterocycles. The molecule has 3 N–H and O–H groups in total. The topological polar surface area (TPSA) is 64.1 Å². The van der Waals surface area contributed by atoms with E-state index in [1.807, 2.05) is 38.6 Å². The molecule has 15 heavy (non-hydrogen) atoms. The zero-order valence-corrected chi connectivity index (χ0v) is 9.88. The molecule has 2 unspecified atom stereocenters. The summed E-state index contributed by atoms with van der Waals surface area (Å²) in [7, 11) is 0. The molecule has 4 heteroatoms. The predicted molar refractivity (Wildman–Crippen MR) is 60.4 cm³/mol. The van der Waals surface area contributed by atoms with Gasteiger partial charge in [0.25, 0.3) is 0 Å². The van der Waals surface area contributed by atoms with Crippen LogP contribution in [0.2, 0.25) is 0 Å². The van der Waals surface area contributed by atoms with E-state index in [-0.39, 0.29) is 12.0 Å². The molecule has 0 spiro atoms. The lowest BCUT2D eigenvalue weighted by Gasteiger charge is -2.20. The smallest absolute Gasteiger partial charge is 0.0973 e. The second-order valence-electron chi connectivity index (χ2n) is 4.61. The molecule has 0 radical (unpaired) electrons. The van der Waals surface area contributed by atoms with Gasteiger partial charge in [-0.1, -0.05) is 13.8 Å². The normalized spacial score (nSPS) is 16.0. The molecule has 0 aliphatic heterocycles. The molecule has 0 aliphatic carbocycles. The Morgan fingerprint density at radius 1 is 1.33 bits per heavy atom. The van der Waals surface area contributed by atoms with Gasteiger partial charge in [-0.25, -0.2) is 0 Å². The molecule has 1 rings (SSSR count). The fraction of sp³-hybridized carbons (Fsp3) is 0.727. The molecule has 0 saturated heterocycles. The fourth-order valence-electron chi connectivity index (χ4n) is 1.37. The van der Waals surface area contributed by atoms with E-state index in [1.165, 1.54) is 0 Å². The SMILES string of the molecule is CC(C)C(N)C(O)c1cnn(C(C)C)c1. The third-order valence-electron chi connectivity index (χ3n) is 2.63. The van der Waals surface area contributed by atoms with Gasteiger partial charge in [0.05, 0.1) is 12.3 Å². The van der Waals surface area contributed by atoms with Crippen molar-refractivity contribution in [2.75, 3.05) is 0 Å². The minimum atomic E-state index is -0.627. The lowest BCUT2D eigenvalue weighted by atomic mass is 9.96. The molecular weight excluding hydrogens is 190 g/mol. The highest BCUT2D eigenvalue weighted by Crippen LogP contribution is 2.20. The summed E-state index contributed by atoms with van der Waals surface area (Å²) in [4.78, 5) is 0. The predicted octanol–water partition coefficient (Wildman–Crippen LogP) is 1.48. The molecule has 4 nitrogen and oxygen atoms in total. The molecular formula is C11H21N3O. The lowest BCUT2D eigenvalue weighted by Crippen LogP contribution is -2.33. The first-order valence-corrected chi connectivity index (χ1v) is 5.41. The van der Waals surface area contributed by atoms with Crippen molar-refractivity contribution in [3.63, 3.8) is 0 Å². The zero-order chi connectivity index (χ0) is 11.6. The Labute approximate surface area is 91.1 Å². The summed E-state index contributed by atoms with van der Waals surface area (Å²) in [6, 6.07) is 0.0658. The molecule has 0 amide bonds. The van der Waals surface area contributed by atoms with Gasteiger partial charge in [-0.15, -0.1) is 0 Å². The summed E-state index contributed by atoms with van der Waals surface area (Å²) in [6.45, 7) is 8.10. The second kappa shape index (κ2) is 4.77. The number of nitrogens with zero attached hydrogens (tertiary/aromatic N) is 2. The van der Waals surface area contributed by atoms with Crippen LogP contribution in [-0.2, 0) is 0 Å². The highest BCUT2D eigenvalue weighted by atomic mass is 16.3. The van der Waals surface area contributed by atoms with Crippen molar-refractivity contribution in [3.05, 3.63) is 18.0 Å². The Morgan fingerprint density at radius 3 is 2.33 bits per heavy atom. The Morgan fingerprint density at radius 2 is 1.93 bits per heavy atom. The van der Waals surface area contributed by atoms with Gasteiger partial charge in [0, 0.05) is 23.8 Å². The van der Waals surface area contributed by atoms with E-state index < -0.39 is 6.10 Å². The summed E-state index contributed by atoms with van der Waals surface area (Å²) < 4.78 is 1.82. The van der Waals surface area contributed by atoms with Crippen molar-refractivity contribution in [1.82, 2.24) is 9.78 Å². The quantitative estimate of drug-likeness (QED) is 0.793. The summed E-state index contributed by atoms with van der Waals surface area (Å²) in [5.41, 5.74) is 6.69. The number of aliphatic hydroxyl groups excluding tert-OH is 1. The monoisotopic (exact) mass is 211 g/mol. The van der Waals surface area contributed by atoms with E-state index in [0.717, 1.165) is 5.56 Å². The molecule has 0 aromatic carbocycles. The molecule has 1 aromatic rings. The summed E-state index contributed by atoms with van der Waals surface area (Å²) in [6.07, 6.45) is 2.92. The van der Waals surface area contributed by atoms with Gasteiger partial charge in [0.15, 0.2) is 0 Å². The van der Waals surface area contributed by atoms with Crippen molar-refractivity contribution in [2.45, 2.75) is 45.9 Å². The number of hydrogen-bond donors (Lipinski definition) is 2. The van der Waals surface area contributed by atoms with Crippen LogP contribution in [0, 0.1) is 5.92 Å². The van der Waals surface area contributed by atoms with Crippen LogP contribution in [0.5, 0.6) is 0 Å². The average Bonchev–Trinajstić information content (AvgIpc) is 2.64. The Hall–Kier alpha value is -0.870. The lowest BCUT2D eigenvalue weighted by molar-refractivity contribution is 0.125. The van der Waals surface area contributed by atoms with Crippen molar-refractivity contribution < 1.29 is 5.11 Å². The Bertz CT molecular complexity index is 307. The average molecular weight is 211 g/mol. The maximum Gasteiger partial charge on any atom is 0.0973 e. The van der Waals surface area contributed by atoms with Crippen LogP contribution in [0.15, 0.2) is 12.4 Å². The van der Waals surface area contributed by atoms with E-state index >= 15 is 0 Å². The highest BCUT2D eigenvalue weighted by molar-refractivity contribution is 5.11. The molecule has 86 valence electrons. The molecule has 0 aliphatic rings. The molecule has 1 heterocycles. The van der Waals surface area contributed by atoms with Crippen molar-refractivity contribution in [1.29, 1.82) is 0 Å². The third-order valence-corrected chi connectivity index (χ3v) is 2.63. The maximum atomic E-state index is 9.98. The van der Waals surface area contributed by atoms with Crippen LogP contribution in [0.25, 0.3) is 0 Å². The van der Waals surface area contributed by atoms with E-state index in [2.05, 4.69) is 5.10 Å². The number of aliphatic hydroxyl groups is 1. The van der Waals surface area contributed by atoms with Gasteiger partial charge in [0.2, 0.25) is 0 Å². The van der Waals surface area contributed by atoms with Gasteiger partial charge in [-0.2, -0.15) is 5.10 Å². The molecule has 0 bridgehead atoms. The number of nitrogens with two attached hydrogens (primary N) is 1. The van der Waals surface area contributed by atoms with E-state index in [9.17, 15) is 5.11 Å². The summed E-state index contributed by atoms with van der Waals surface area (Å²) in [5, 5.41) is 14.2. The zero-order valence-electron chi connectivity index (χ0n) is 9.88. The Kier molecular flexibility index (Phi) is 3.88. The van der Waals surface area contributed by atoms with E-state index in [0.29, 0.717) is 6.04 Å². The fourth-order valence-corrected chi connectivity index (χ4v) is 1.37. The minimum Gasteiger partial charge on any atom is -0.387 e. The first-order chi connectivity index (χ1) is 6.93. The van der Waals surface area contributed by atoms with Gasteiger partial charge >= 0.3 is 0 Å².